The number of carbonyl (C=O) groups excluding carboxylic acids is 2. The first-order valence-corrected chi connectivity index (χ1v) is 6.95. The molecule has 0 saturated heterocycles. The Kier molecular flexibility index (Phi) is 4.99. The first-order chi connectivity index (χ1) is 10.5. The quantitative estimate of drug-likeness (QED) is 0.731. The molecule has 3 N–H and O–H groups in total. The predicted molar refractivity (Wildman–Crippen MR) is 81.9 cm³/mol. The Bertz CT molecular complexity index is 708. The SMILES string of the molecule is O=C(O)/C=C/C(=O)Nc1ccc(C(=O)Nc2nccs2)cc1. The number of aromatic nitrogens is 1. The molecule has 0 unspecified atom stereocenters. The van der Waals surface area contributed by atoms with Crippen LogP contribution >= 0.6 is 11.3 Å². The summed E-state index contributed by atoms with van der Waals surface area (Å²) in [6.45, 7) is 0. The van der Waals surface area contributed by atoms with Crippen molar-refractivity contribution in [2.45, 2.75) is 0 Å². The van der Waals surface area contributed by atoms with E-state index in [1.807, 2.05) is 0 Å². The van der Waals surface area contributed by atoms with Crippen molar-refractivity contribution in [1.82, 2.24) is 4.98 Å². The Morgan fingerprint density at radius 1 is 1.09 bits per heavy atom. The van der Waals surface area contributed by atoms with Gasteiger partial charge in [0.1, 0.15) is 0 Å². The van der Waals surface area contributed by atoms with Crippen molar-refractivity contribution in [2.75, 3.05) is 10.6 Å². The largest absolute Gasteiger partial charge is 0.478 e. The van der Waals surface area contributed by atoms with Crippen molar-refractivity contribution in [3.05, 3.63) is 53.6 Å². The van der Waals surface area contributed by atoms with E-state index >= 15 is 0 Å². The van der Waals surface area contributed by atoms with Gasteiger partial charge in [0, 0.05) is 35.0 Å². The van der Waals surface area contributed by atoms with Crippen molar-refractivity contribution < 1.29 is 19.5 Å². The minimum absolute atomic E-state index is 0.307. The molecule has 2 rings (SSSR count). The maximum atomic E-state index is 11.9. The number of nitrogens with one attached hydrogen (secondary N) is 2. The number of anilines is 2. The fraction of sp³-hybridized carbons (Fsp3) is 0. The number of aliphatic carboxylic acids is 1. The van der Waals surface area contributed by atoms with Crippen LogP contribution in [0, 0.1) is 0 Å². The van der Waals surface area contributed by atoms with Crippen LogP contribution in [0.2, 0.25) is 0 Å². The Balaban J connectivity index is 1.96. The Morgan fingerprint density at radius 3 is 2.41 bits per heavy atom. The van der Waals surface area contributed by atoms with Gasteiger partial charge in [-0.15, -0.1) is 11.3 Å². The number of carboxylic acids is 1. The van der Waals surface area contributed by atoms with E-state index in [9.17, 15) is 14.4 Å². The van der Waals surface area contributed by atoms with Gasteiger partial charge in [0.2, 0.25) is 5.91 Å². The topological polar surface area (TPSA) is 108 Å². The molecule has 0 aliphatic carbocycles. The fourth-order valence-electron chi connectivity index (χ4n) is 1.49. The molecule has 1 aromatic heterocycles. The number of benzene rings is 1. The lowest BCUT2D eigenvalue weighted by Crippen LogP contribution is -2.12. The molecule has 112 valence electrons. The maximum Gasteiger partial charge on any atom is 0.328 e. The van der Waals surface area contributed by atoms with Gasteiger partial charge >= 0.3 is 5.97 Å². The van der Waals surface area contributed by atoms with Crippen LogP contribution in [0.4, 0.5) is 10.8 Å². The molecule has 0 atom stereocenters. The second-order valence-corrected chi connectivity index (χ2v) is 4.92. The fourth-order valence-corrected chi connectivity index (χ4v) is 2.01. The summed E-state index contributed by atoms with van der Waals surface area (Å²) in [5.41, 5.74) is 0.861. The molecule has 0 spiro atoms. The van der Waals surface area contributed by atoms with Gasteiger partial charge in [-0.05, 0) is 24.3 Å². The second kappa shape index (κ2) is 7.14. The van der Waals surface area contributed by atoms with Crippen molar-refractivity contribution in [3.8, 4) is 0 Å². The second-order valence-electron chi connectivity index (χ2n) is 4.03. The Labute approximate surface area is 129 Å². The van der Waals surface area contributed by atoms with E-state index in [1.54, 1.807) is 35.8 Å². The average Bonchev–Trinajstić information content (AvgIpc) is 2.99. The van der Waals surface area contributed by atoms with Gasteiger partial charge < -0.3 is 10.4 Å². The number of hydrogen-bond donors (Lipinski definition) is 3. The zero-order chi connectivity index (χ0) is 15.9. The molecule has 1 aromatic carbocycles. The standard InChI is InChI=1S/C14H11N3O4S/c18-11(5-6-12(19)20)16-10-3-1-9(2-4-10)13(21)17-14-15-7-8-22-14/h1-8H,(H,16,18)(H,19,20)(H,15,17,21)/b6-5+. The highest BCUT2D eigenvalue weighted by Gasteiger charge is 2.07. The summed E-state index contributed by atoms with van der Waals surface area (Å²) in [6.07, 6.45) is 3.24. The summed E-state index contributed by atoms with van der Waals surface area (Å²) in [5.74, 6) is -2.08. The van der Waals surface area contributed by atoms with Crippen molar-refractivity contribution in [1.29, 1.82) is 0 Å². The van der Waals surface area contributed by atoms with Crippen LogP contribution in [0.1, 0.15) is 10.4 Å². The van der Waals surface area contributed by atoms with Gasteiger partial charge in [-0.3, -0.25) is 14.9 Å². The molecule has 22 heavy (non-hydrogen) atoms. The molecule has 0 fully saturated rings. The zero-order valence-corrected chi connectivity index (χ0v) is 12.0. The highest BCUT2D eigenvalue weighted by atomic mass is 32.1. The summed E-state index contributed by atoms with van der Waals surface area (Å²) in [7, 11) is 0. The summed E-state index contributed by atoms with van der Waals surface area (Å²) in [6, 6.07) is 6.17. The normalized spacial score (nSPS) is 10.4. The molecule has 0 radical (unpaired) electrons. The van der Waals surface area contributed by atoms with Gasteiger partial charge in [-0.2, -0.15) is 0 Å². The molecule has 2 aromatic rings. The molecule has 7 nitrogen and oxygen atoms in total. The summed E-state index contributed by atoms with van der Waals surface area (Å²) >= 11 is 1.31. The predicted octanol–water partition coefficient (Wildman–Crippen LogP) is 1.97. The third-order valence-corrected chi connectivity index (χ3v) is 3.13. The maximum absolute atomic E-state index is 11.9. The van der Waals surface area contributed by atoms with Crippen LogP contribution in [-0.4, -0.2) is 27.9 Å². The minimum atomic E-state index is -1.20. The summed E-state index contributed by atoms with van der Waals surface area (Å²) in [4.78, 5) is 37.6. The number of nitrogens with zero attached hydrogens (tertiary/aromatic N) is 1. The lowest BCUT2D eigenvalue weighted by molar-refractivity contribution is -0.131. The van der Waals surface area contributed by atoms with E-state index in [0.29, 0.717) is 16.4 Å². The molecule has 0 bridgehead atoms. The van der Waals surface area contributed by atoms with Crippen LogP contribution in [0.15, 0.2) is 48.0 Å². The molecule has 8 heteroatoms. The number of carbonyl (C=O) groups is 3. The van der Waals surface area contributed by atoms with Crippen LogP contribution in [-0.2, 0) is 9.59 Å². The first kappa shape index (κ1) is 15.4. The molecular weight excluding hydrogens is 306 g/mol. The van der Waals surface area contributed by atoms with Crippen LogP contribution in [0.25, 0.3) is 0 Å². The van der Waals surface area contributed by atoms with Gasteiger partial charge in [-0.1, -0.05) is 0 Å². The van der Waals surface area contributed by atoms with Crippen LogP contribution < -0.4 is 10.6 Å². The van der Waals surface area contributed by atoms with Crippen molar-refractivity contribution >= 4 is 39.9 Å². The zero-order valence-electron chi connectivity index (χ0n) is 11.1. The lowest BCUT2D eigenvalue weighted by Gasteiger charge is -2.04. The highest BCUT2D eigenvalue weighted by Crippen LogP contribution is 2.14. The van der Waals surface area contributed by atoms with Crippen molar-refractivity contribution in [3.63, 3.8) is 0 Å². The Morgan fingerprint density at radius 2 is 1.82 bits per heavy atom. The van der Waals surface area contributed by atoms with Gasteiger partial charge in [0.05, 0.1) is 0 Å². The molecule has 0 saturated carbocycles. The summed E-state index contributed by atoms with van der Waals surface area (Å²) in [5, 5.41) is 15.8. The minimum Gasteiger partial charge on any atom is -0.478 e. The van der Waals surface area contributed by atoms with Gasteiger partial charge in [0.25, 0.3) is 5.91 Å². The monoisotopic (exact) mass is 317 g/mol. The number of thiazole rings is 1. The number of amides is 2. The molecule has 0 aliphatic heterocycles. The number of carboxylic acid groups (broad SMARTS) is 1. The van der Waals surface area contributed by atoms with E-state index in [0.717, 1.165) is 12.2 Å². The van der Waals surface area contributed by atoms with E-state index < -0.39 is 11.9 Å². The van der Waals surface area contributed by atoms with E-state index in [1.165, 1.54) is 11.3 Å². The molecular formula is C14H11N3O4S. The van der Waals surface area contributed by atoms with Gasteiger partial charge in [-0.25, -0.2) is 9.78 Å². The number of rotatable bonds is 5. The van der Waals surface area contributed by atoms with Gasteiger partial charge in [0.15, 0.2) is 5.13 Å². The Hall–Kier alpha value is -3.00. The molecule has 2 amide bonds. The van der Waals surface area contributed by atoms with Crippen LogP contribution in [0.3, 0.4) is 0 Å². The number of hydrogen-bond acceptors (Lipinski definition) is 5. The molecule has 1 heterocycles. The average molecular weight is 317 g/mol. The van der Waals surface area contributed by atoms with Crippen LogP contribution in [0.5, 0.6) is 0 Å². The third-order valence-electron chi connectivity index (χ3n) is 2.44. The first-order valence-electron chi connectivity index (χ1n) is 6.07. The van der Waals surface area contributed by atoms with E-state index in [4.69, 9.17) is 5.11 Å². The highest BCUT2D eigenvalue weighted by molar-refractivity contribution is 7.13. The smallest absolute Gasteiger partial charge is 0.328 e. The molecule has 0 aliphatic rings. The van der Waals surface area contributed by atoms with E-state index in [2.05, 4.69) is 15.6 Å². The summed E-state index contributed by atoms with van der Waals surface area (Å²) < 4.78 is 0. The third kappa shape index (κ3) is 4.53. The lowest BCUT2D eigenvalue weighted by atomic mass is 10.2. The van der Waals surface area contributed by atoms with Crippen molar-refractivity contribution in [2.24, 2.45) is 0 Å². The van der Waals surface area contributed by atoms with E-state index in [-0.39, 0.29) is 5.91 Å².